The molecule has 2 atom stereocenters. The predicted molar refractivity (Wildman–Crippen MR) is 184 cm³/mol. The van der Waals surface area contributed by atoms with E-state index < -0.39 is 23.3 Å². The Morgan fingerprint density at radius 3 is 1.94 bits per heavy atom. The number of ether oxygens (including phenoxy) is 2. The van der Waals surface area contributed by atoms with Gasteiger partial charge < -0.3 is 14.0 Å². The van der Waals surface area contributed by atoms with Crippen molar-refractivity contribution in [3.05, 3.63) is 143 Å². The second-order valence-corrected chi connectivity index (χ2v) is 13.5. The van der Waals surface area contributed by atoms with Gasteiger partial charge in [-0.05, 0) is 40.2 Å². The number of para-hydroxylation sites is 1. The van der Waals surface area contributed by atoms with Gasteiger partial charge in [0.1, 0.15) is 0 Å². The Hall–Kier alpha value is -4.97. The molecule has 5 aromatic rings. The number of benzene rings is 4. The maximum atomic E-state index is 14.2. The molecule has 0 saturated carbocycles. The van der Waals surface area contributed by atoms with Gasteiger partial charge in [0.2, 0.25) is 0 Å². The summed E-state index contributed by atoms with van der Waals surface area (Å²) in [5.41, 5.74) is 4.69. The van der Waals surface area contributed by atoms with E-state index in [9.17, 15) is 14.4 Å². The van der Waals surface area contributed by atoms with Gasteiger partial charge in [0.05, 0.1) is 14.2 Å². The Labute approximate surface area is 276 Å². The number of Topliss-reactive ketones (excluding diaryl/α,β-unsaturated/α-hetero) is 1. The lowest BCUT2D eigenvalue weighted by molar-refractivity contribution is -0.173. The summed E-state index contributed by atoms with van der Waals surface area (Å²) in [5.74, 6) is -2.78. The van der Waals surface area contributed by atoms with Gasteiger partial charge in [0.25, 0.3) is 0 Å². The Morgan fingerprint density at radius 1 is 0.766 bits per heavy atom. The number of carbonyl (C=O) groups excluding carboxylic acids is 3. The molecule has 1 aliphatic rings. The van der Waals surface area contributed by atoms with E-state index in [1.807, 2.05) is 48.5 Å². The van der Waals surface area contributed by atoms with Crippen molar-refractivity contribution in [2.24, 2.45) is 5.41 Å². The molecule has 1 aromatic heterocycles. The minimum atomic E-state index is -1.78. The molecule has 6 rings (SSSR count). The zero-order chi connectivity index (χ0) is 33.3. The summed E-state index contributed by atoms with van der Waals surface area (Å²) < 4.78 is 13.1. The third-order valence-electron chi connectivity index (χ3n) is 9.80. The molecule has 1 aliphatic carbocycles. The van der Waals surface area contributed by atoms with E-state index in [1.54, 1.807) is 12.1 Å². The number of rotatable bonds is 8. The van der Waals surface area contributed by atoms with Crippen LogP contribution in [0.25, 0.3) is 10.9 Å². The molecule has 47 heavy (non-hydrogen) atoms. The van der Waals surface area contributed by atoms with Crippen LogP contribution in [0.3, 0.4) is 0 Å². The second kappa shape index (κ2) is 12.7. The molecule has 0 saturated heterocycles. The highest BCUT2D eigenvalue weighted by molar-refractivity contribution is 6.05. The van der Waals surface area contributed by atoms with Crippen LogP contribution in [-0.2, 0) is 31.0 Å². The molecular weight excluding hydrogens is 586 g/mol. The fourth-order valence-corrected chi connectivity index (χ4v) is 7.42. The summed E-state index contributed by atoms with van der Waals surface area (Å²) in [6.07, 6.45) is 0.0162. The van der Waals surface area contributed by atoms with Crippen LogP contribution in [0.5, 0.6) is 0 Å². The topological polar surface area (TPSA) is 74.6 Å². The van der Waals surface area contributed by atoms with Crippen LogP contribution in [0.2, 0.25) is 0 Å². The largest absolute Gasteiger partial charge is 0.468 e. The molecule has 2 unspecified atom stereocenters. The Balaban J connectivity index is 1.68. The van der Waals surface area contributed by atoms with Crippen molar-refractivity contribution in [2.45, 2.75) is 57.4 Å². The molecule has 0 fully saturated rings. The monoisotopic (exact) mass is 627 g/mol. The second-order valence-electron chi connectivity index (χ2n) is 13.5. The zero-order valence-electron chi connectivity index (χ0n) is 27.7. The predicted octanol–water partition coefficient (Wildman–Crippen LogP) is 8.21. The average Bonchev–Trinajstić information content (AvgIpc) is 3.42. The normalized spacial score (nSPS) is 17.1. The lowest BCUT2D eigenvalue weighted by Crippen LogP contribution is -2.50. The van der Waals surface area contributed by atoms with Gasteiger partial charge in [-0.2, -0.15) is 0 Å². The highest BCUT2D eigenvalue weighted by Crippen LogP contribution is 2.58. The summed E-state index contributed by atoms with van der Waals surface area (Å²) >= 11 is 0. The molecular formula is C41H41NO5. The molecule has 240 valence electrons. The van der Waals surface area contributed by atoms with Crippen LogP contribution in [0.15, 0.2) is 109 Å². The van der Waals surface area contributed by atoms with Crippen molar-refractivity contribution >= 4 is 28.6 Å². The van der Waals surface area contributed by atoms with Crippen LogP contribution in [0.4, 0.5) is 0 Å². The number of fused-ring (bicyclic) bond motifs is 3. The molecule has 0 radical (unpaired) electrons. The van der Waals surface area contributed by atoms with E-state index >= 15 is 0 Å². The van der Waals surface area contributed by atoms with Crippen molar-refractivity contribution in [3.63, 3.8) is 0 Å². The number of hydrogen-bond donors (Lipinski definition) is 0. The summed E-state index contributed by atoms with van der Waals surface area (Å²) in [5, 5.41) is 1.03. The number of nitrogens with zero attached hydrogens (tertiary/aromatic N) is 1. The van der Waals surface area contributed by atoms with Crippen LogP contribution in [-0.4, -0.2) is 36.5 Å². The van der Waals surface area contributed by atoms with E-state index in [1.165, 1.54) is 19.8 Å². The van der Waals surface area contributed by atoms with Gasteiger partial charge in [-0.25, -0.2) is 0 Å². The lowest BCUT2D eigenvalue weighted by atomic mass is 9.59. The van der Waals surface area contributed by atoms with Gasteiger partial charge in [0.15, 0.2) is 11.2 Å². The first-order valence-electron chi connectivity index (χ1n) is 16.1. The molecule has 1 heterocycles. The standard InChI is InChI=1S/C41H41NO5/c1-40(2,3)30-22-20-28(21-23-30)32-25-41(38(44)46-4,39(45)47-5)33(24-35(43)29-16-10-7-11-17-29)37-36(32)31-18-12-13-19-34(31)42(37)26-27-14-8-6-9-15-27/h6-23,32-33H,24-26H2,1-5H3. The Morgan fingerprint density at radius 2 is 1.34 bits per heavy atom. The number of hydrogen-bond acceptors (Lipinski definition) is 5. The molecule has 4 aromatic carbocycles. The summed E-state index contributed by atoms with van der Waals surface area (Å²) in [6, 6.07) is 35.8. The fourth-order valence-electron chi connectivity index (χ4n) is 7.42. The fraction of sp³-hybridized carbons (Fsp3) is 0.293. The highest BCUT2D eigenvalue weighted by atomic mass is 16.5. The van der Waals surface area contributed by atoms with Crippen LogP contribution >= 0.6 is 0 Å². The molecule has 0 spiro atoms. The van der Waals surface area contributed by atoms with Gasteiger partial charge in [-0.15, -0.1) is 0 Å². The quantitative estimate of drug-likeness (QED) is 0.0985. The van der Waals surface area contributed by atoms with Crippen molar-refractivity contribution < 1.29 is 23.9 Å². The van der Waals surface area contributed by atoms with E-state index in [0.29, 0.717) is 12.1 Å². The van der Waals surface area contributed by atoms with Crippen LogP contribution in [0, 0.1) is 5.41 Å². The van der Waals surface area contributed by atoms with Crippen LogP contribution < -0.4 is 0 Å². The third kappa shape index (κ3) is 5.67. The molecule has 6 heteroatoms. The summed E-state index contributed by atoms with van der Waals surface area (Å²) in [7, 11) is 2.59. The van der Waals surface area contributed by atoms with E-state index in [0.717, 1.165) is 33.3 Å². The summed E-state index contributed by atoms with van der Waals surface area (Å²) in [6.45, 7) is 7.00. The van der Waals surface area contributed by atoms with Crippen molar-refractivity contribution in [1.82, 2.24) is 4.57 Å². The highest BCUT2D eigenvalue weighted by Gasteiger charge is 2.61. The first-order valence-corrected chi connectivity index (χ1v) is 16.1. The third-order valence-corrected chi connectivity index (χ3v) is 9.80. The van der Waals surface area contributed by atoms with Gasteiger partial charge in [-0.1, -0.05) is 124 Å². The van der Waals surface area contributed by atoms with Gasteiger partial charge in [-0.3, -0.25) is 14.4 Å². The number of ketones is 1. The summed E-state index contributed by atoms with van der Waals surface area (Å²) in [4.78, 5) is 42.5. The first-order chi connectivity index (χ1) is 22.6. The smallest absolute Gasteiger partial charge is 0.323 e. The molecule has 0 amide bonds. The van der Waals surface area contributed by atoms with E-state index in [-0.39, 0.29) is 30.0 Å². The molecule has 0 aliphatic heterocycles. The maximum Gasteiger partial charge on any atom is 0.323 e. The van der Waals surface area contributed by atoms with Gasteiger partial charge in [0, 0.05) is 47.0 Å². The van der Waals surface area contributed by atoms with E-state index in [4.69, 9.17) is 9.47 Å². The van der Waals surface area contributed by atoms with Crippen molar-refractivity contribution in [3.8, 4) is 0 Å². The van der Waals surface area contributed by atoms with Crippen molar-refractivity contribution in [2.75, 3.05) is 14.2 Å². The molecule has 0 N–H and O–H groups in total. The molecule has 0 bridgehead atoms. The lowest BCUT2D eigenvalue weighted by Gasteiger charge is -2.43. The minimum Gasteiger partial charge on any atom is -0.468 e. The van der Waals surface area contributed by atoms with Gasteiger partial charge >= 0.3 is 11.9 Å². The first kappa shape index (κ1) is 32.0. The van der Waals surface area contributed by atoms with Crippen molar-refractivity contribution in [1.29, 1.82) is 0 Å². The molecule has 6 nitrogen and oxygen atoms in total. The number of carbonyl (C=O) groups is 3. The number of methoxy groups -OCH3 is 2. The minimum absolute atomic E-state index is 0.0490. The Bertz CT molecular complexity index is 1900. The Kier molecular flexibility index (Phi) is 8.63. The van der Waals surface area contributed by atoms with Crippen LogP contribution in [0.1, 0.15) is 83.8 Å². The number of aromatic nitrogens is 1. The van der Waals surface area contributed by atoms with E-state index in [2.05, 4.69) is 73.9 Å². The number of esters is 2. The SMILES string of the molecule is COC(=O)C1(C(=O)OC)CC(c2ccc(C(C)(C)C)cc2)c2c(n(Cc3ccccc3)c3ccccc23)C1CC(=O)c1ccccc1. The maximum absolute atomic E-state index is 14.2. The zero-order valence-corrected chi connectivity index (χ0v) is 27.7. The average molecular weight is 628 g/mol.